The van der Waals surface area contributed by atoms with E-state index in [0.717, 1.165) is 36.3 Å². The summed E-state index contributed by atoms with van der Waals surface area (Å²) in [6.45, 7) is 4.62. The number of unbranched alkanes of at least 4 members (excludes halogenated alkanes) is 2. The molecule has 0 spiro atoms. The second kappa shape index (κ2) is 10.0. The summed E-state index contributed by atoms with van der Waals surface area (Å²) in [5, 5.41) is 0. The van der Waals surface area contributed by atoms with Crippen LogP contribution in [0, 0.1) is 0 Å². The van der Waals surface area contributed by atoms with Gasteiger partial charge in [-0.25, -0.2) is 4.79 Å². The highest BCUT2D eigenvalue weighted by Crippen LogP contribution is 2.34. The molecule has 29 heavy (non-hydrogen) atoms. The van der Waals surface area contributed by atoms with E-state index in [-0.39, 0.29) is 6.03 Å². The number of rotatable bonds is 10. The van der Waals surface area contributed by atoms with Crippen LogP contribution in [-0.4, -0.2) is 44.8 Å². The predicted molar refractivity (Wildman–Crippen MR) is 114 cm³/mol. The Morgan fingerprint density at radius 1 is 0.931 bits per heavy atom. The minimum atomic E-state index is -0.0157. The molecule has 1 aliphatic heterocycles. The Kier molecular flexibility index (Phi) is 7.22. The van der Waals surface area contributed by atoms with Gasteiger partial charge in [-0.1, -0.05) is 38.0 Å². The number of benzene rings is 2. The number of hydrogen-bond donors (Lipinski definition) is 0. The van der Waals surface area contributed by atoms with Crippen LogP contribution in [-0.2, 0) is 6.54 Å². The number of urea groups is 1. The Balaban J connectivity index is 1.71. The third-order valence-corrected chi connectivity index (χ3v) is 5.11. The van der Waals surface area contributed by atoms with Crippen molar-refractivity contribution in [2.75, 3.05) is 38.8 Å². The largest absolute Gasteiger partial charge is 0.496 e. The van der Waals surface area contributed by atoms with Crippen molar-refractivity contribution in [3.8, 4) is 17.2 Å². The third kappa shape index (κ3) is 4.94. The monoisotopic (exact) mass is 398 g/mol. The first-order valence-electron chi connectivity index (χ1n) is 10.2. The van der Waals surface area contributed by atoms with Crippen molar-refractivity contribution in [2.24, 2.45) is 0 Å². The molecule has 0 atom stereocenters. The van der Waals surface area contributed by atoms with Crippen molar-refractivity contribution in [3.63, 3.8) is 0 Å². The highest BCUT2D eigenvalue weighted by atomic mass is 16.5. The number of carbonyl (C=O) groups is 1. The lowest BCUT2D eigenvalue weighted by Crippen LogP contribution is -2.31. The zero-order valence-electron chi connectivity index (χ0n) is 17.5. The molecule has 1 aliphatic rings. The van der Waals surface area contributed by atoms with E-state index in [9.17, 15) is 4.79 Å². The molecule has 0 radical (unpaired) electrons. The van der Waals surface area contributed by atoms with Crippen molar-refractivity contribution in [1.82, 2.24) is 4.90 Å². The van der Waals surface area contributed by atoms with E-state index in [0.29, 0.717) is 37.7 Å². The smallest absolute Gasteiger partial charge is 0.324 e. The lowest BCUT2D eigenvalue weighted by molar-refractivity contribution is 0.218. The molecule has 2 aromatic carbocycles. The van der Waals surface area contributed by atoms with E-state index in [1.54, 1.807) is 19.1 Å². The fourth-order valence-corrected chi connectivity index (χ4v) is 3.49. The molecule has 6 heteroatoms. The van der Waals surface area contributed by atoms with Gasteiger partial charge in [-0.05, 0) is 24.6 Å². The maximum atomic E-state index is 13.0. The minimum Gasteiger partial charge on any atom is -0.496 e. The molecule has 3 rings (SSSR count). The fourth-order valence-electron chi connectivity index (χ4n) is 3.49. The van der Waals surface area contributed by atoms with Gasteiger partial charge in [0.25, 0.3) is 0 Å². The average Bonchev–Trinajstić information content (AvgIpc) is 3.11. The Bertz CT molecular complexity index is 824. The van der Waals surface area contributed by atoms with Crippen molar-refractivity contribution < 1.29 is 19.0 Å². The first-order chi connectivity index (χ1) is 14.2. The summed E-state index contributed by atoms with van der Waals surface area (Å²) < 4.78 is 16.8. The molecule has 0 aromatic heterocycles. The van der Waals surface area contributed by atoms with Crippen LogP contribution in [0.5, 0.6) is 17.2 Å². The van der Waals surface area contributed by atoms with Crippen LogP contribution in [0.2, 0.25) is 0 Å². The van der Waals surface area contributed by atoms with Crippen LogP contribution in [0.15, 0.2) is 42.5 Å². The van der Waals surface area contributed by atoms with E-state index >= 15 is 0 Å². The van der Waals surface area contributed by atoms with Gasteiger partial charge >= 0.3 is 6.03 Å². The van der Waals surface area contributed by atoms with Gasteiger partial charge in [-0.2, -0.15) is 0 Å². The lowest BCUT2D eigenvalue weighted by Gasteiger charge is -2.21. The zero-order valence-corrected chi connectivity index (χ0v) is 17.5. The molecule has 0 N–H and O–H groups in total. The number of amides is 2. The standard InChI is InChI=1S/C23H30N2O4/c1-4-5-8-15-29-22-16-19(11-12-21(22)28-3)25-14-13-24(23(25)26)17-18-9-6-7-10-20(18)27-2/h6-7,9-12,16H,4-5,8,13-15,17H2,1-3H3. The molecular weight excluding hydrogens is 368 g/mol. The highest BCUT2D eigenvalue weighted by Gasteiger charge is 2.30. The maximum absolute atomic E-state index is 13.0. The van der Waals surface area contributed by atoms with Gasteiger partial charge in [-0.3, -0.25) is 4.90 Å². The Labute approximate surface area is 173 Å². The van der Waals surface area contributed by atoms with E-state index in [2.05, 4.69) is 6.92 Å². The van der Waals surface area contributed by atoms with Crippen LogP contribution >= 0.6 is 0 Å². The molecule has 1 fully saturated rings. The number of carbonyl (C=O) groups excluding carboxylic acids is 1. The number of anilines is 1. The molecule has 0 bridgehead atoms. The zero-order chi connectivity index (χ0) is 20.6. The van der Waals surface area contributed by atoms with Gasteiger partial charge in [-0.15, -0.1) is 0 Å². The molecule has 2 amide bonds. The number of para-hydroxylation sites is 1. The third-order valence-electron chi connectivity index (χ3n) is 5.11. The highest BCUT2D eigenvalue weighted by molar-refractivity contribution is 5.94. The number of nitrogens with zero attached hydrogens (tertiary/aromatic N) is 2. The molecular formula is C23H30N2O4. The summed E-state index contributed by atoms with van der Waals surface area (Å²) in [4.78, 5) is 16.6. The van der Waals surface area contributed by atoms with Crippen molar-refractivity contribution in [2.45, 2.75) is 32.7 Å². The molecule has 0 unspecified atom stereocenters. The first kappa shape index (κ1) is 20.8. The van der Waals surface area contributed by atoms with Crippen molar-refractivity contribution in [1.29, 1.82) is 0 Å². The Morgan fingerprint density at radius 3 is 2.48 bits per heavy atom. The molecule has 2 aromatic rings. The van der Waals surface area contributed by atoms with Gasteiger partial charge < -0.3 is 19.1 Å². The van der Waals surface area contributed by atoms with Crippen molar-refractivity contribution >= 4 is 11.7 Å². The van der Waals surface area contributed by atoms with Crippen molar-refractivity contribution in [3.05, 3.63) is 48.0 Å². The van der Waals surface area contributed by atoms with E-state index < -0.39 is 0 Å². The summed E-state index contributed by atoms with van der Waals surface area (Å²) in [5.41, 5.74) is 1.82. The summed E-state index contributed by atoms with van der Waals surface area (Å²) in [6.07, 6.45) is 3.27. The van der Waals surface area contributed by atoms with Crippen LogP contribution in [0.25, 0.3) is 0 Å². The summed E-state index contributed by atoms with van der Waals surface area (Å²) >= 11 is 0. The second-order valence-electron chi connectivity index (χ2n) is 7.06. The van der Waals surface area contributed by atoms with Gasteiger partial charge in [0, 0.05) is 30.4 Å². The van der Waals surface area contributed by atoms with Crippen LogP contribution in [0.4, 0.5) is 10.5 Å². The maximum Gasteiger partial charge on any atom is 0.324 e. The molecule has 156 valence electrons. The molecule has 0 saturated carbocycles. The summed E-state index contributed by atoms with van der Waals surface area (Å²) in [7, 11) is 3.28. The van der Waals surface area contributed by atoms with Crippen LogP contribution in [0.1, 0.15) is 31.7 Å². The predicted octanol–water partition coefficient (Wildman–Crippen LogP) is 4.72. The number of hydrogen-bond acceptors (Lipinski definition) is 4. The Morgan fingerprint density at radius 2 is 1.72 bits per heavy atom. The summed E-state index contributed by atoms with van der Waals surface area (Å²) in [5.74, 6) is 2.16. The number of methoxy groups -OCH3 is 2. The van der Waals surface area contributed by atoms with Gasteiger partial charge in [0.15, 0.2) is 11.5 Å². The minimum absolute atomic E-state index is 0.0157. The molecule has 1 heterocycles. The molecule has 6 nitrogen and oxygen atoms in total. The van der Waals surface area contributed by atoms with E-state index in [1.807, 2.05) is 47.4 Å². The average molecular weight is 399 g/mol. The summed E-state index contributed by atoms with van der Waals surface area (Å²) in [6, 6.07) is 13.4. The lowest BCUT2D eigenvalue weighted by atomic mass is 10.2. The van der Waals surface area contributed by atoms with Gasteiger partial charge in [0.2, 0.25) is 0 Å². The topological polar surface area (TPSA) is 51.2 Å². The van der Waals surface area contributed by atoms with Gasteiger partial charge in [0.05, 0.1) is 27.4 Å². The van der Waals surface area contributed by atoms with Crippen LogP contribution < -0.4 is 19.1 Å². The Hall–Kier alpha value is -2.89. The van der Waals surface area contributed by atoms with E-state index in [4.69, 9.17) is 14.2 Å². The van der Waals surface area contributed by atoms with Crippen LogP contribution in [0.3, 0.4) is 0 Å². The first-order valence-corrected chi connectivity index (χ1v) is 10.2. The normalized spacial score (nSPS) is 13.7. The molecule has 0 aliphatic carbocycles. The number of ether oxygens (including phenoxy) is 3. The molecule has 1 saturated heterocycles. The van der Waals surface area contributed by atoms with Gasteiger partial charge in [0.1, 0.15) is 5.75 Å². The fraction of sp³-hybridized carbons (Fsp3) is 0.435. The second-order valence-corrected chi connectivity index (χ2v) is 7.06. The SMILES string of the molecule is CCCCCOc1cc(N2CCN(Cc3ccccc3OC)C2=O)ccc1OC. The van der Waals surface area contributed by atoms with E-state index in [1.165, 1.54) is 0 Å². The quantitative estimate of drug-likeness (QED) is 0.544.